The number of aliphatic hydroxyl groups excluding tert-OH is 1. The van der Waals surface area contributed by atoms with E-state index in [-0.39, 0.29) is 12.5 Å². The summed E-state index contributed by atoms with van der Waals surface area (Å²) in [6.45, 7) is 0.179. The normalized spacial score (nSPS) is 9.62. The summed E-state index contributed by atoms with van der Waals surface area (Å²) in [6.07, 6.45) is 1.57. The molecule has 6 heteroatoms. The van der Waals surface area contributed by atoms with Gasteiger partial charge >= 0.3 is 0 Å². The Hall–Kier alpha value is -2.36. The molecule has 2 rings (SSSR count). The molecule has 2 aromatic heterocycles. The first-order valence-electron chi connectivity index (χ1n) is 6.19. The van der Waals surface area contributed by atoms with Gasteiger partial charge in [-0.15, -0.1) is 11.3 Å². The Morgan fingerprint density at radius 2 is 2.38 bits per heavy atom. The minimum Gasteiger partial charge on any atom is -0.480 e. The third kappa shape index (κ3) is 3.81. The topological polar surface area (TPSA) is 71.5 Å². The van der Waals surface area contributed by atoms with Crippen LogP contribution < -0.4 is 10.1 Å². The van der Waals surface area contributed by atoms with Crippen molar-refractivity contribution in [3.05, 3.63) is 45.8 Å². The average Bonchev–Trinajstić information content (AvgIpc) is 2.97. The van der Waals surface area contributed by atoms with Crippen molar-refractivity contribution in [2.45, 2.75) is 6.54 Å². The molecule has 108 valence electrons. The molecule has 2 aromatic rings. The average molecular weight is 302 g/mol. The van der Waals surface area contributed by atoms with Gasteiger partial charge in [0.2, 0.25) is 5.88 Å². The van der Waals surface area contributed by atoms with E-state index in [9.17, 15) is 4.79 Å². The van der Waals surface area contributed by atoms with Crippen LogP contribution in [-0.2, 0) is 6.54 Å². The molecule has 0 bridgehead atoms. The molecule has 0 saturated carbocycles. The number of pyridine rings is 1. The van der Waals surface area contributed by atoms with Gasteiger partial charge in [0.05, 0.1) is 13.7 Å². The van der Waals surface area contributed by atoms with Crippen LogP contribution in [0.15, 0.2) is 29.8 Å². The number of hydrogen-bond acceptors (Lipinski definition) is 5. The Bertz CT molecular complexity index is 685. The predicted molar refractivity (Wildman–Crippen MR) is 80.2 cm³/mol. The molecule has 0 radical (unpaired) electrons. The van der Waals surface area contributed by atoms with Crippen LogP contribution in [0.25, 0.3) is 0 Å². The Kier molecular flexibility index (Phi) is 5.32. The monoisotopic (exact) mass is 302 g/mol. The first-order valence-corrected chi connectivity index (χ1v) is 7.07. The predicted octanol–water partition coefficient (Wildman–Crippen LogP) is 1.43. The molecule has 21 heavy (non-hydrogen) atoms. The number of hydrogen-bond donors (Lipinski definition) is 2. The van der Waals surface area contributed by atoms with Crippen molar-refractivity contribution in [3.63, 3.8) is 0 Å². The highest BCUT2D eigenvalue weighted by Gasteiger charge is 2.13. The number of rotatable bonds is 4. The van der Waals surface area contributed by atoms with Gasteiger partial charge in [-0.1, -0.05) is 11.8 Å². The van der Waals surface area contributed by atoms with E-state index in [1.807, 2.05) is 11.4 Å². The molecule has 0 aliphatic heterocycles. The summed E-state index contributed by atoms with van der Waals surface area (Å²) in [6, 6.07) is 5.20. The van der Waals surface area contributed by atoms with Crippen LogP contribution in [0.2, 0.25) is 0 Å². The van der Waals surface area contributed by atoms with Gasteiger partial charge in [0.15, 0.2) is 0 Å². The van der Waals surface area contributed by atoms with E-state index in [2.05, 4.69) is 22.1 Å². The summed E-state index contributed by atoms with van der Waals surface area (Å²) in [4.78, 5) is 17.1. The van der Waals surface area contributed by atoms with Gasteiger partial charge < -0.3 is 15.2 Å². The number of nitrogens with one attached hydrogen (secondary N) is 1. The Labute approximate surface area is 126 Å². The van der Waals surface area contributed by atoms with Gasteiger partial charge in [-0.3, -0.25) is 4.79 Å². The van der Waals surface area contributed by atoms with E-state index in [4.69, 9.17) is 9.84 Å². The quantitative estimate of drug-likeness (QED) is 0.838. The van der Waals surface area contributed by atoms with Crippen molar-refractivity contribution in [2.24, 2.45) is 0 Å². The lowest BCUT2D eigenvalue weighted by molar-refractivity contribution is 0.0947. The van der Waals surface area contributed by atoms with Gasteiger partial charge in [0.1, 0.15) is 12.2 Å². The highest BCUT2D eigenvalue weighted by atomic mass is 32.1. The molecule has 0 aliphatic carbocycles. The number of aliphatic hydroxyl groups is 1. The molecular formula is C15H14N2O3S. The molecule has 5 nitrogen and oxygen atoms in total. The first kappa shape index (κ1) is 15.0. The lowest BCUT2D eigenvalue weighted by atomic mass is 10.2. The van der Waals surface area contributed by atoms with E-state index in [1.165, 1.54) is 18.4 Å². The fourth-order valence-electron chi connectivity index (χ4n) is 1.71. The number of thiophene rings is 1. The molecule has 2 N–H and O–H groups in total. The molecule has 0 aromatic carbocycles. The Morgan fingerprint density at radius 1 is 1.52 bits per heavy atom. The van der Waals surface area contributed by atoms with Crippen molar-refractivity contribution >= 4 is 17.2 Å². The number of carbonyl (C=O) groups excluding carboxylic acids is 1. The van der Waals surface area contributed by atoms with E-state index < -0.39 is 0 Å². The SMILES string of the molecule is COc1ncccc1C(=O)NCc1sccc1C#CCO. The van der Waals surface area contributed by atoms with Crippen LogP contribution in [0.1, 0.15) is 20.8 Å². The molecule has 0 fully saturated rings. The zero-order valence-corrected chi connectivity index (χ0v) is 12.2. The van der Waals surface area contributed by atoms with Gasteiger partial charge in [-0.25, -0.2) is 4.98 Å². The number of amides is 1. The van der Waals surface area contributed by atoms with Crippen LogP contribution in [-0.4, -0.2) is 29.7 Å². The molecule has 0 atom stereocenters. The lowest BCUT2D eigenvalue weighted by Gasteiger charge is -2.07. The molecule has 2 heterocycles. The summed E-state index contributed by atoms with van der Waals surface area (Å²) < 4.78 is 5.06. The van der Waals surface area contributed by atoms with Gasteiger partial charge in [-0.05, 0) is 23.6 Å². The number of aromatic nitrogens is 1. The van der Waals surface area contributed by atoms with Crippen LogP contribution in [0.4, 0.5) is 0 Å². The second kappa shape index (κ2) is 7.43. The molecule has 0 aliphatic rings. The second-order valence-corrected chi connectivity index (χ2v) is 4.96. The van der Waals surface area contributed by atoms with E-state index in [0.29, 0.717) is 18.0 Å². The zero-order chi connectivity index (χ0) is 15.1. The molecule has 0 saturated heterocycles. The number of ether oxygens (including phenoxy) is 1. The Balaban J connectivity index is 2.06. The van der Waals surface area contributed by atoms with Crippen LogP contribution >= 0.6 is 11.3 Å². The summed E-state index contributed by atoms with van der Waals surface area (Å²) >= 11 is 1.50. The van der Waals surface area contributed by atoms with Gasteiger partial charge in [-0.2, -0.15) is 0 Å². The maximum atomic E-state index is 12.1. The van der Waals surface area contributed by atoms with Crippen LogP contribution in [0.3, 0.4) is 0 Å². The van der Waals surface area contributed by atoms with Crippen LogP contribution in [0.5, 0.6) is 5.88 Å². The zero-order valence-electron chi connectivity index (χ0n) is 11.4. The number of methoxy groups -OCH3 is 1. The third-order valence-electron chi connectivity index (χ3n) is 2.67. The number of carbonyl (C=O) groups is 1. The first-order chi connectivity index (χ1) is 10.3. The highest BCUT2D eigenvalue weighted by Crippen LogP contribution is 2.17. The summed E-state index contributed by atoms with van der Waals surface area (Å²) in [7, 11) is 1.47. The fraction of sp³-hybridized carbons (Fsp3) is 0.200. The second-order valence-electron chi connectivity index (χ2n) is 3.96. The molecule has 1 amide bonds. The highest BCUT2D eigenvalue weighted by molar-refractivity contribution is 7.10. The minimum atomic E-state index is -0.255. The maximum absolute atomic E-state index is 12.1. The summed E-state index contributed by atoms with van der Waals surface area (Å²) in [5, 5.41) is 13.4. The smallest absolute Gasteiger partial charge is 0.257 e. The molecule has 0 unspecified atom stereocenters. The van der Waals surface area contributed by atoms with Crippen molar-refractivity contribution in [2.75, 3.05) is 13.7 Å². The van der Waals surface area contributed by atoms with Crippen molar-refractivity contribution in [1.82, 2.24) is 10.3 Å². The standard InChI is InChI=1S/C15H14N2O3S/c1-20-15-12(5-2-7-16-15)14(19)17-10-13-11(4-3-8-18)6-9-21-13/h2,5-7,9,18H,8,10H2,1H3,(H,17,19). The van der Waals surface area contributed by atoms with Crippen molar-refractivity contribution < 1.29 is 14.6 Å². The summed E-state index contributed by atoms with van der Waals surface area (Å²) in [5.41, 5.74) is 1.20. The minimum absolute atomic E-state index is 0.186. The van der Waals surface area contributed by atoms with Crippen LogP contribution in [0, 0.1) is 11.8 Å². The van der Waals surface area contributed by atoms with Crippen molar-refractivity contribution in [1.29, 1.82) is 0 Å². The Morgan fingerprint density at radius 3 is 3.14 bits per heavy atom. The number of nitrogens with zero attached hydrogens (tertiary/aromatic N) is 1. The van der Waals surface area contributed by atoms with E-state index in [0.717, 1.165) is 10.4 Å². The molecular weight excluding hydrogens is 288 g/mol. The van der Waals surface area contributed by atoms with Gasteiger partial charge in [0.25, 0.3) is 5.91 Å². The summed E-state index contributed by atoms with van der Waals surface area (Å²) in [5.74, 6) is 5.49. The van der Waals surface area contributed by atoms with E-state index >= 15 is 0 Å². The largest absolute Gasteiger partial charge is 0.480 e. The van der Waals surface area contributed by atoms with Crippen molar-refractivity contribution in [3.8, 4) is 17.7 Å². The molecule has 0 spiro atoms. The lowest BCUT2D eigenvalue weighted by Crippen LogP contribution is -2.23. The fourth-order valence-corrected chi connectivity index (χ4v) is 2.48. The third-order valence-corrected chi connectivity index (χ3v) is 3.59. The maximum Gasteiger partial charge on any atom is 0.257 e. The van der Waals surface area contributed by atoms with Gasteiger partial charge in [0, 0.05) is 16.6 Å². The van der Waals surface area contributed by atoms with E-state index in [1.54, 1.807) is 18.3 Å².